The first-order valence-electron chi connectivity index (χ1n) is 12.7. The van der Waals surface area contributed by atoms with Crippen LogP contribution < -0.4 is 9.80 Å². The topological polar surface area (TPSA) is 6.48 Å². The van der Waals surface area contributed by atoms with Gasteiger partial charge in [-0.25, -0.2) is 0 Å². The van der Waals surface area contributed by atoms with Crippen molar-refractivity contribution >= 4 is 22.7 Å². The van der Waals surface area contributed by atoms with Gasteiger partial charge in [0.05, 0.1) is 22.7 Å². The molecule has 2 nitrogen and oxygen atoms in total. The van der Waals surface area contributed by atoms with Gasteiger partial charge in [0.15, 0.2) is 0 Å². The van der Waals surface area contributed by atoms with E-state index in [4.69, 9.17) is 0 Å². The number of unbranched alkanes of at least 4 members (excludes halogenated alkanes) is 2. The predicted octanol–water partition coefficient (Wildman–Crippen LogP) is 9.15. The Bertz CT molecular complexity index is 1090. The van der Waals surface area contributed by atoms with E-state index in [2.05, 4.69) is 112 Å². The Morgan fingerprint density at radius 3 is 1.67 bits per heavy atom. The van der Waals surface area contributed by atoms with Crippen molar-refractivity contribution in [3.63, 3.8) is 0 Å². The molecule has 0 unspecified atom stereocenters. The average molecular weight is 441 g/mol. The summed E-state index contributed by atoms with van der Waals surface area (Å²) in [5, 5.41) is 0. The van der Waals surface area contributed by atoms with Crippen LogP contribution in [0.2, 0.25) is 0 Å². The van der Waals surface area contributed by atoms with Gasteiger partial charge < -0.3 is 9.80 Å². The number of anilines is 4. The number of fused-ring (bicyclic) bond motifs is 2. The third-order valence-electron chi connectivity index (χ3n) is 6.84. The lowest BCUT2D eigenvalue weighted by atomic mass is 9.86. The van der Waals surface area contributed by atoms with E-state index < -0.39 is 0 Å². The minimum Gasteiger partial charge on any atom is -0.338 e. The van der Waals surface area contributed by atoms with Gasteiger partial charge in [-0.1, -0.05) is 89.4 Å². The van der Waals surface area contributed by atoms with E-state index in [1.54, 1.807) is 0 Å². The lowest BCUT2D eigenvalue weighted by Crippen LogP contribution is -2.31. The van der Waals surface area contributed by atoms with Crippen LogP contribution in [0.25, 0.3) is 11.1 Å². The normalized spacial score (nSPS) is 13.2. The fourth-order valence-electron chi connectivity index (χ4n) is 4.70. The zero-order chi connectivity index (χ0) is 23.6. The number of nitrogens with zero attached hydrogens (tertiary/aromatic N) is 2. The third-order valence-corrected chi connectivity index (χ3v) is 6.84. The van der Waals surface area contributed by atoms with Crippen molar-refractivity contribution in [1.29, 1.82) is 0 Å². The van der Waals surface area contributed by atoms with Crippen molar-refractivity contribution in [2.45, 2.75) is 72.6 Å². The van der Waals surface area contributed by atoms with Crippen LogP contribution in [-0.4, -0.2) is 13.1 Å². The Labute approximate surface area is 201 Å². The quantitative estimate of drug-likeness (QED) is 0.361. The van der Waals surface area contributed by atoms with Crippen molar-refractivity contribution in [2.75, 3.05) is 22.9 Å². The number of hydrogen-bond donors (Lipinski definition) is 0. The van der Waals surface area contributed by atoms with E-state index in [1.807, 2.05) is 0 Å². The van der Waals surface area contributed by atoms with E-state index in [0.717, 1.165) is 13.1 Å². The summed E-state index contributed by atoms with van der Waals surface area (Å²) in [7, 11) is 0. The van der Waals surface area contributed by atoms with Gasteiger partial charge in [0.25, 0.3) is 0 Å². The Morgan fingerprint density at radius 1 is 0.606 bits per heavy atom. The van der Waals surface area contributed by atoms with Crippen molar-refractivity contribution in [1.82, 2.24) is 0 Å². The monoisotopic (exact) mass is 440 g/mol. The van der Waals surface area contributed by atoms with Crippen molar-refractivity contribution in [3.05, 3.63) is 71.8 Å². The summed E-state index contributed by atoms with van der Waals surface area (Å²) >= 11 is 0. The maximum absolute atomic E-state index is 2.57. The maximum atomic E-state index is 2.57. The van der Waals surface area contributed by atoms with Crippen molar-refractivity contribution in [2.24, 2.45) is 0 Å². The largest absolute Gasteiger partial charge is 0.338 e. The highest BCUT2D eigenvalue weighted by atomic mass is 15.3. The number of aryl methyl sites for hydroxylation is 1. The molecule has 0 aliphatic carbocycles. The summed E-state index contributed by atoms with van der Waals surface area (Å²) in [5.41, 5.74) is 10.8. The molecule has 1 aliphatic rings. The Morgan fingerprint density at radius 2 is 1.12 bits per heavy atom. The van der Waals surface area contributed by atoms with Gasteiger partial charge in [0.1, 0.15) is 0 Å². The van der Waals surface area contributed by atoms with Crippen LogP contribution in [0.4, 0.5) is 22.7 Å². The molecule has 33 heavy (non-hydrogen) atoms. The molecule has 0 bridgehead atoms. The molecule has 0 saturated heterocycles. The molecule has 3 aromatic rings. The van der Waals surface area contributed by atoms with Crippen molar-refractivity contribution in [3.8, 4) is 11.1 Å². The predicted molar refractivity (Wildman–Crippen MR) is 146 cm³/mol. The minimum atomic E-state index is 0.134. The van der Waals surface area contributed by atoms with Gasteiger partial charge in [-0.15, -0.1) is 0 Å². The molecule has 4 rings (SSSR count). The molecule has 0 amide bonds. The van der Waals surface area contributed by atoms with E-state index >= 15 is 0 Å². The average Bonchev–Trinajstić information content (AvgIpc) is 2.80. The molecule has 0 N–H and O–H groups in total. The van der Waals surface area contributed by atoms with Gasteiger partial charge in [-0.2, -0.15) is 0 Å². The van der Waals surface area contributed by atoms with Crippen LogP contribution in [0.3, 0.4) is 0 Å². The molecule has 3 aromatic carbocycles. The summed E-state index contributed by atoms with van der Waals surface area (Å²) in [6.45, 7) is 15.7. The Balaban J connectivity index is 1.87. The first-order chi connectivity index (χ1) is 15.8. The second-order valence-corrected chi connectivity index (χ2v) is 10.5. The number of hydrogen-bond acceptors (Lipinski definition) is 2. The first-order valence-corrected chi connectivity index (χ1v) is 12.7. The Hall–Kier alpha value is -2.74. The molecule has 1 aliphatic heterocycles. The highest BCUT2D eigenvalue weighted by molar-refractivity contribution is 5.95. The number of rotatable bonds is 7. The molecular weight excluding hydrogens is 400 g/mol. The maximum Gasteiger partial charge on any atom is 0.0658 e. The third kappa shape index (κ3) is 4.81. The van der Waals surface area contributed by atoms with Gasteiger partial charge in [-0.05, 0) is 66.1 Å². The SMILES string of the molecule is CCCCN1c2ccc(C(C)(C)C)cc2N(CCCC)c2ccc(-c3ccc(C)cc3)cc21. The summed E-state index contributed by atoms with van der Waals surface area (Å²) in [4.78, 5) is 5.14. The molecule has 0 spiro atoms. The van der Waals surface area contributed by atoms with Crippen LogP contribution >= 0.6 is 0 Å². The highest BCUT2D eigenvalue weighted by Gasteiger charge is 2.29. The second kappa shape index (κ2) is 9.63. The molecule has 2 heteroatoms. The smallest absolute Gasteiger partial charge is 0.0658 e. The van der Waals surface area contributed by atoms with E-state index in [1.165, 1.54) is 70.7 Å². The van der Waals surface area contributed by atoms with Crippen LogP contribution in [0, 0.1) is 6.92 Å². The first kappa shape index (κ1) is 23.4. The molecule has 0 aromatic heterocycles. The molecule has 0 fully saturated rings. The zero-order valence-electron chi connectivity index (χ0n) is 21.4. The van der Waals surface area contributed by atoms with Crippen molar-refractivity contribution < 1.29 is 0 Å². The summed E-state index contributed by atoms with van der Waals surface area (Å²) in [6, 6.07) is 23.1. The second-order valence-electron chi connectivity index (χ2n) is 10.5. The fraction of sp³-hybridized carbons (Fsp3) is 0.419. The molecule has 0 atom stereocenters. The van der Waals surface area contributed by atoms with Crippen LogP contribution in [-0.2, 0) is 5.41 Å². The standard InChI is InChI=1S/C31H40N2/c1-7-9-19-32-28-18-16-26(31(4,5)6)22-30(28)33(20-10-8-2)27-17-15-25(21-29(27)32)24-13-11-23(3)12-14-24/h11-18,21-22H,7-10,19-20H2,1-6H3. The van der Waals surface area contributed by atoms with Gasteiger partial charge >= 0.3 is 0 Å². The van der Waals surface area contributed by atoms with Gasteiger partial charge in [-0.3, -0.25) is 0 Å². The molecule has 0 radical (unpaired) electrons. The molecule has 1 heterocycles. The summed E-state index contributed by atoms with van der Waals surface area (Å²) in [5.74, 6) is 0. The summed E-state index contributed by atoms with van der Waals surface area (Å²) in [6.07, 6.45) is 4.76. The van der Waals surface area contributed by atoms with Crippen LogP contribution in [0.1, 0.15) is 71.4 Å². The van der Waals surface area contributed by atoms with E-state index in [-0.39, 0.29) is 5.41 Å². The minimum absolute atomic E-state index is 0.134. The lowest BCUT2D eigenvalue weighted by molar-refractivity contribution is 0.590. The van der Waals surface area contributed by atoms with Gasteiger partial charge in [0.2, 0.25) is 0 Å². The fourth-order valence-corrected chi connectivity index (χ4v) is 4.70. The highest BCUT2D eigenvalue weighted by Crippen LogP contribution is 2.50. The van der Waals surface area contributed by atoms with E-state index in [0.29, 0.717) is 0 Å². The number of benzene rings is 3. The zero-order valence-corrected chi connectivity index (χ0v) is 21.4. The Kier molecular flexibility index (Phi) is 6.83. The van der Waals surface area contributed by atoms with E-state index in [9.17, 15) is 0 Å². The lowest BCUT2D eigenvalue weighted by Gasteiger charge is -2.41. The van der Waals surface area contributed by atoms with Crippen LogP contribution in [0.15, 0.2) is 60.7 Å². The van der Waals surface area contributed by atoms with Gasteiger partial charge in [0, 0.05) is 13.1 Å². The summed E-state index contributed by atoms with van der Waals surface area (Å²) < 4.78 is 0. The molecule has 0 saturated carbocycles. The molecule has 174 valence electrons. The van der Waals surface area contributed by atoms with Crippen LogP contribution in [0.5, 0.6) is 0 Å². The molecular formula is C31H40N2.